The van der Waals surface area contributed by atoms with Gasteiger partial charge in [0.05, 0.1) is 36.6 Å². The zero-order chi connectivity index (χ0) is 38.5. The summed E-state index contributed by atoms with van der Waals surface area (Å²) in [7, 11) is -4.01. The van der Waals surface area contributed by atoms with Gasteiger partial charge in [-0.05, 0) is 25.9 Å². The number of aliphatic hydroxyl groups is 7. The SMILES string of the molecule is NCCCNC[C@H]1O[C@H](O[C@H]2[C@H](O[C@@H]3O[C@H](CO)[C@@H](O[C@H]4O[C@@H](CN)[C@@H](O)[C@H](O)[C@H]4N)[C@H]3O)[C@@H](O)[C@H](NS(=O)(=O)CCN)C[C@@H]2N)[C@H](N)[C@@H](O)[C@@H]1O. The van der Waals surface area contributed by atoms with Gasteiger partial charge >= 0.3 is 0 Å². The van der Waals surface area contributed by atoms with E-state index in [1.165, 1.54) is 0 Å². The maximum absolute atomic E-state index is 12.7. The third-order valence-corrected chi connectivity index (χ3v) is 11.2. The molecular formula is C28H58N8O15S. The number of hydrogen-bond donors (Lipinski definition) is 15. The molecule has 4 rings (SSSR count). The van der Waals surface area contributed by atoms with E-state index < -0.39 is 139 Å². The summed E-state index contributed by atoms with van der Waals surface area (Å²) in [6.07, 6.45) is -21.2. The molecule has 19 atom stereocenters. The summed E-state index contributed by atoms with van der Waals surface area (Å²) in [6.45, 7) is -0.163. The Morgan fingerprint density at radius 1 is 0.673 bits per heavy atom. The third-order valence-electron chi connectivity index (χ3n) is 9.72. The first kappa shape index (κ1) is 43.8. The molecule has 0 amide bonds. The average Bonchev–Trinajstić information content (AvgIpc) is 3.40. The van der Waals surface area contributed by atoms with Gasteiger partial charge in [0, 0.05) is 25.7 Å². The highest BCUT2D eigenvalue weighted by atomic mass is 32.2. The van der Waals surface area contributed by atoms with Gasteiger partial charge < -0.3 is 104 Å². The second-order valence-corrected chi connectivity index (χ2v) is 15.4. The molecule has 4 fully saturated rings. The van der Waals surface area contributed by atoms with Crippen LogP contribution in [0.5, 0.6) is 0 Å². The molecule has 21 N–H and O–H groups in total. The second-order valence-electron chi connectivity index (χ2n) is 13.5. The number of aliphatic hydroxyl groups excluding tert-OH is 7. The highest BCUT2D eigenvalue weighted by molar-refractivity contribution is 7.89. The maximum atomic E-state index is 12.7. The fourth-order valence-electron chi connectivity index (χ4n) is 6.71. The van der Waals surface area contributed by atoms with E-state index in [9.17, 15) is 44.2 Å². The smallest absolute Gasteiger partial charge is 0.213 e. The van der Waals surface area contributed by atoms with Gasteiger partial charge in [-0.1, -0.05) is 0 Å². The first-order chi connectivity index (χ1) is 24.6. The van der Waals surface area contributed by atoms with E-state index in [1.807, 2.05) is 0 Å². The molecule has 0 spiro atoms. The van der Waals surface area contributed by atoms with Crippen molar-refractivity contribution >= 4 is 10.0 Å². The van der Waals surface area contributed by atoms with Crippen molar-refractivity contribution in [1.29, 1.82) is 0 Å². The van der Waals surface area contributed by atoms with E-state index in [4.69, 9.17) is 62.8 Å². The summed E-state index contributed by atoms with van der Waals surface area (Å²) in [6, 6.07) is -4.99. The molecule has 4 aliphatic rings. The molecule has 23 nitrogen and oxygen atoms in total. The highest BCUT2D eigenvalue weighted by Gasteiger charge is 2.55. The topological polar surface area (TPSA) is 411 Å². The normalized spacial score (nSPS) is 46.1. The zero-order valence-electron chi connectivity index (χ0n) is 28.6. The molecule has 1 aliphatic carbocycles. The standard InChI is InChI=1S/C28H58N8O15S/c29-2-1-4-35-8-13-19(40)21(42)16(34)27(47-13)49-23-10(32)6-11(36-52(44,45)5-3-30)17(38)25(23)51-28-22(43)24(14(9-37)48-28)50-26-15(33)20(41)18(39)12(7-31)46-26/h10-28,35-43H,1-9,29-34H2/t10-,11+,12-,13+,14+,15+,16+,17-,18+,19+,20+,21+,22+,23+,24+,25+,26+,27+,28-/m0/s1. The zero-order valence-corrected chi connectivity index (χ0v) is 29.4. The summed E-state index contributed by atoms with van der Waals surface area (Å²) in [5.41, 5.74) is 35.3. The molecular weight excluding hydrogens is 720 g/mol. The molecule has 3 saturated heterocycles. The minimum atomic E-state index is -4.01. The van der Waals surface area contributed by atoms with Crippen LogP contribution >= 0.6 is 0 Å². The molecule has 1 saturated carbocycles. The number of sulfonamides is 1. The second kappa shape index (κ2) is 19.3. The predicted molar refractivity (Wildman–Crippen MR) is 178 cm³/mol. The van der Waals surface area contributed by atoms with Crippen molar-refractivity contribution in [2.24, 2.45) is 34.4 Å². The lowest BCUT2D eigenvalue weighted by atomic mass is 9.84. The van der Waals surface area contributed by atoms with E-state index >= 15 is 0 Å². The largest absolute Gasteiger partial charge is 0.394 e. The van der Waals surface area contributed by atoms with Gasteiger partial charge in [0.25, 0.3) is 0 Å². The Morgan fingerprint density at radius 2 is 1.23 bits per heavy atom. The number of ether oxygens (including phenoxy) is 6. The summed E-state index contributed by atoms with van der Waals surface area (Å²) in [5.74, 6) is -0.466. The number of rotatable bonds is 17. The average molecular weight is 779 g/mol. The Balaban J connectivity index is 1.57. The van der Waals surface area contributed by atoms with Crippen molar-refractivity contribution < 1.29 is 72.6 Å². The summed E-state index contributed by atoms with van der Waals surface area (Å²) in [4.78, 5) is 0. The van der Waals surface area contributed by atoms with Crippen molar-refractivity contribution in [3.05, 3.63) is 0 Å². The van der Waals surface area contributed by atoms with Gasteiger partial charge in [0.2, 0.25) is 10.0 Å². The molecule has 52 heavy (non-hydrogen) atoms. The molecule has 24 heteroatoms. The monoisotopic (exact) mass is 778 g/mol. The minimum absolute atomic E-state index is 0.0809. The van der Waals surface area contributed by atoms with Crippen LogP contribution in [0.3, 0.4) is 0 Å². The Labute approximate surface area is 301 Å². The molecule has 306 valence electrons. The van der Waals surface area contributed by atoms with E-state index in [1.54, 1.807) is 0 Å². The molecule has 0 aromatic rings. The number of hydrogen-bond acceptors (Lipinski definition) is 22. The predicted octanol–water partition coefficient (Wildman–Crippen LogP) is -10.00. The fourth-order valence-corrected chi connectivity index (χ4v) is 7.84. The first-order valence-corrected chi connectivity index (χ1v) is 18.9. The Kier molecular flexibility index (Phi) is 16.3. The minimum Gasteiger partial charge on any atom is -0.394 e. The van der Waals surface area contributed by atoms with Crippen LogP contribution in [-0.4, -0.2) is 206 Å². The van der Waals surface area contributed by atoms with E-state index in [2.05, 4.69) is 10.0 Å². The number of nitrogens with two attached hydrogens (primary N) is 6. The van der Waals surface area contributed by atoms with Crippen LogP contribution in [0.4, 0.5) is 0 Å². The van der Waals surface area contributed by atoms with Crippen LogP contribution in [0, 0.1) is 0 Å². The van der Waals surface area contributed by atoms with Crippen LogP contribution in [0.2, 0.25) is 0 Å². The Bertz CT molecular complexity index is 1200. The van der Waals surface area contributed by atoms with Crippen molar-refractivity contribution in [3.63, 3.8) is 0 Å². The molecule has 0 aromatic carbocycles. The Morgan fingerprint density at radius 3 is 1.81 bits per heavy atom. The lowest BCUT2D eigenvalue weighted by Gasteiger charge is -2.48. The van der Waals surface area contributed by atoms with Gasteiger partial charge in [-0.2, -0.15) is 0 Å². The lowest BCUT2D eigenvalue weighted by Crippen LogP contribution is -2.69. The summed E-state index contributed by atoms with van der Waals surface area (Å²) >= 11 is 0. The van der Waals surface area contributed by atoms with Crippen LogP contribution in [-0.2, 0) is 38.4 Å². The lowest BCUT2D eigenvalue weighted by molar-refractivity contribution is -0.307. The summed E-state index contributed by atoms with van der Waals surface area (Å²) in [5, 5.41) is 78.1. The van der Waals surface area contributed by atoms with Gasteiger partial charge in [-0.15, -0.1) is 0 Å². The van der Waals surface area contributed by atoms with Crippen LogP contribution in [0.25, 0.3) is 0 Å². The number of nitrogens with one attached hydrogen (secondary N) is 2. The molecule has 3 aliphatic heterocycles. The van der Waals surface area contributed by atoms with Gasteiger partial charge in [-0.25, -0.2) is 13.1 Å². The highest BCUT2D eigenvalue weighted by Crippen LogP contribution is 2.35. The van der Waals surface area contributed by atoms with Crippen LogP contribution in [0.15, 0.2) is 0 Å². The van der Waals surface area contributed by atoms with Gasteiger partial charge in [-0.3, -0.25) is 0 Å². The van der Waals surface area contributed by atoms with Crippen LogP contribution in [0.1, 0.15) is 12.8 Å². The third kappa shape index (κ3) is 10.1. The molecule has 0 radical (unpaired) electrons. The van der Waals surface area contributed by atoms with Crippen molar-refractivity contribution in [1.82, 2.24) is 10.0 Å². The quantitative estimate of drug-likeness (QED) is 0.0609. The first-order valence-electron chi connectivity index (χ1n) is 17.3. The summed E-state index contributed by atoms with van der Waals surface area (Å²) < 4.78 is 63.1. The molecule has 0 aromatic heterocycles. The van der Waals surface area contributed by atoms with Gasteiger partial charge in [0.15, 0.2) is 18.9 Å². The van der Waals surface area contributed by atoms with Crippen LogP contribution < -0.4 is 44.4 Å². The van der Waals surface area contributed by atoms with Gasteiger partial charge in [0.1, 0.15) is 67.1 Å². The van der Waals surface area contributed by atoms with Crippen molar-refractivity contribution in [2.45, 2.75) is 129 Å². The van der Waals surface area contributed by atoms with E-state index in [-0.39, 0.29) is 26.1 Å². The van der Waals surface area contributed by atoms with E-state index in [0.717, 1.165) is 0 Å². The van der Waals surface area contributed by atoms with Crippen molar-refractivity contribution in [2.75, 3.05) is 45.1 Å². The molecule has 0 bridgehead atoms. The van der Waals surface area contributed by atoms with Crippen molar-refractivity contribution in [3.8, 4) is 0 Å². The Hall–Kier alpha value is -0.890. The van der Waals surface area contributed by atoms with E-state index in [0.29, 0.717) is 19.5 Å². The molecule has 3 heterocycles. The maximum Gasteiger partial charge on any atom is 0.213 e. The molecule has 0 unspecified atom stereocenters. The fraction of sp³-hybridized carbons (Fsp3) is 1.00.